The van der Waals surface area contributed by atoms with Gasteiger partial charge in [0.05, 0.1) is 42.0 Å². The number of carbonyl (C=O) groups is 1. The number of alkyl halides is 3. The molecule has 0 aliphatic carbocycles. The van der Waals surface area contributed by atoms with Crippen molar-refractivity contribution in [1.82, 2.24) is 24.0 Å². The minimum Gasteiger partial charge on any atom is -0.462 e. The van der Waals surface area contributed by atoms with Crippen molar-refractivity contribution in [2.24, 2.45) is 7.05 Å². The molecule has 0 amide bonds. The van der Waals surface area contributed by atoms with Crippen molar-refractivity contribution in [2.75, 3.05) is 27.2 Å². The molecule has 0 saturated carbocycles. The van der Waals surface area contributed by atoms with Crippen LogP contribution in [0.25, 0.3) is 27.6 Å². The maximum Gasteiger partial charge on any atom is 0.416 e. The number of hydrogen-bond donors (Lipinski definition) is 0. The standard InChI is InChI=1S/C28H27F3N6O3/c1-6-40-27(39)24-25(35(5)37(26(24)38)21-9-7-8-19(17-21)28(29,30)31)23-12-14-33-36(23)22-11-10-20(32-2)16-18(22)13-15-34(3)4/h7-12,14,16-17H,6,13,15H2,1,3-5H3. The van der Waals surface area contributed by atoms with E-state index in [0.29, 0.717) is 30.0 Å². The van der Waals surface area contributed by atoms with Gasteiger partial charge in [0.25, 0.3) is 5.56 Å². The largest absolute Gasteiger partial charge is 0.462 e. The first-order valence-electron chi connectivity index (χ1n) is 12.3. The lowest BCUT2D eigenvalue weighted by Gasteiger charge is -2.17. The molecule has 9 nitrogen and oxygen atoms in total. The number of carbonyl (C=O) groups excluding carboxylic acids is 1. The van der Waals surface area contributed by atoms with Crippen LogP contribution in [-0.4, -0.2) is 57.3 Å². The first kappa shape index (κ1) is 28.4. The van der Waals surface area contributed by atoms with Gasteiger partial charge in [0, 0.05) is 13.6 Å². The zero-order valence-corrected chi connectivity index (χ0v) is 22.4. The van der Waals surface area contributed by atoms with Crippen LogP contribution in [0, 0.1) is 6.57 Å². The number of likely N-dealkylation sites (N-methyl/N-ethyl adjacent to an activating group) is 1. The Kier molecular flexibility index (Phi) is 7.97. The van der Waals surface area contributed by atoms with Crippen molar-refractivity contribution in [1.29, 1.82) is 0 Å². The van der Waals surface area contributed by atoms with Crippen LogP contribution < -0.4 is 5.56 Å². The number of halogens is 3. The third-order valence-corrected chi connectivity index (χ3v) is 6.30. The number of hydrogen-bond acceptors (Lipinski definition) is 5. The van der Waals surface area contributed by atoms with Gasteiger partial charge < -0.3 is 9.64 Å². The average molecular weight is 553 g/mol. The Bertz CT molecular complexity index is 1660. The van der Waals surface area contributed by atoms with E-state index >= 15 is 0 Å². The molecule has 4 rings (SSSR count). The van der Waals surface area contributed by atoms with Crippen LogP contribution in [0.2, 0.25) is 0 Å². The van der Waals surface area contributed by atoms with E-state index < -0.39 is 23.3 Å². The van der Waals surface area contributed by atoms with Gasteiger partial charge in [-0.1, -0.05) is 18.2 Å². The molecule has 2 aromatic carbocycles. The number of aromatic nitrogens is 4. The quantitative estimate of drug-likeness (QED) is 0.230. The molecule has 208 valence electrons. The maximum absolute atomic E-state index is 13.7. The van der Waals surface area contributed by atoms with Gasteiger partial charge in [-0.05, 0) is 63.3 Å². The molecule has 0 atom stereocenters. The molecule has 2 aromatic heterocycles. The number of nitrogens with zero attached hydrogens (tertiary/aromatic N) is 6. The highest BCUT2D eigenvalue weighted by Gasteiger charge is 2.33. The summed E-state index contributed by atoms with van der Waals surface area (Å²) in [7, 11) is 5.33. The third-order valence-electron chi connectivity index (χ3n) is 6.30. The lowest BCUT2D eigenvalue weighted by atomic mass is 10.1. The van der Waals surface area contributed by atoms with E-state index in [4.69, 9.17) is 11.3 Å². The topological polar surface area (TPSA) is 78.7 Å². The Morgan fingerprint density at radius 3 is 2.55 bits per heavy atom. The van der Waals surface area contributed by atoms with Crippen LogP contribution in [0.3, 0.4) is 0 Å². The zero-order chi connectivity index (χ0) is 29.2. The minimum absolute atomic E-state index is 0.0117. The van der Waals surface area contributed by atoms with Crippen molar-refractivity contribution in [3.8, 4) is 22.8 Å². The fourth-order valence-electron chi connectivity index (χ4n) is 4.46. The van der Waals surface area contributed by atoms with Crippen molar-refractivity contribution in [3.05, 3.63) is 93.2 Å². The molecular formula is C28H27F3N6O3. The maximum atomic E-state index is 13.7. The molecule has 0 radical (unpaired) electrons. The normalized spacial score (nSPS) is 11.6. The van der Waals surface area contributed by atoms with E-state index in [0.717, 1.165) is 22.4 Å². The summed E-state index contributed by atoms with van der Waals surface area (Å²) >= 11 is 0. The smallest absolute Gasteiger partial charge is 0.416 e. The Balaban J connectivity index is 1.98. The van der Waals surface area contributed by atoms with Gasteiger partial charge in [0.1, 0.15) is 5.69 Å². The van der Waals surface area contributed by atoms with Gasteiger partial charge in [-0.15, -0.1) is 0 Å². The molecule has 0 saturated heterocycles. The van der Waals surface area contributed by atoms with Crippen LogP contribution in [0.15, 0.2) is 59.5 Å². The van der Waals surface area contributed by atoms with Crippen LogP contribution in [0.5, 0.6) is 0 Å². The highest BCUT2D eigenvalue weighted by molar-refractivity contribution is 5.96. The Morgan fingerprint density at radius 2 is 1.90 bits per heavy atom. The predicted octanol–water partition coefficient (Wildman–Crippen LogP) is 4.88. The average Bonchev–Trinajstić information content (AvgIpc) is 3.48. The van der Waals surface area contributed by atoms with Gasteiger partial charge in [-0.25, -0.2) is 19.0 Å². The van der Waals surface area contributed by atoms with E-state index in [2.05, 4.69) is 9.94 Å². The van der Waals surface area contributed by atoms with Crippen LogP contribution in [0.4, 0.5) is 18.9 Å². The van der Waals surface area contributed by atoms with Crippen molar-refractivity contribution < 1.29 is 22.7 Å². The second-order valence-electron chi connectivity index (χ2n) is 9.24. The summed E-state index contributed by atoms with van der Waals surface area (Å²) in [6, 6.07) is 11.0. The molecule has 0 aliphatic rings. The SMILES string of the molecule is [C-]#[N+]c1ccc(-n2nccc2-c2c(C(=O)OCC)c(=O)n(-c3cccc(C(F)(F)F)c3)n2C)c(CCN(C)C)c1. The van der Waals surface area contributed by atoms with E-state index in [1.54, 1.807) is 35.9 Å². The van der Waals surface area contributed by atoms with Crippen LogP contribution in [0.1, 0.15) is 28.4 Å². The summed E-state index contributed by atoms with van der Waals surface area (Å²) in [6.45, 7) is 9.67. The minimum atomic E-state index is -4.63. The summed E-state index contributed by atoms with van der Waals surface area (Å²) in [4.78, 5) is 32.3. The fourth-order valence-corrected chi connectivity index (χ4v) is 4.46. The molecule has 12 heteroatoms. The second-order valence-corrected chi connectivity index (χ2v) is 9.24. The van der Waals surface area contributed by atoms with Crippen LogP contribution in [-0.2, 0) is 24.4 Å². The summed E-state index contributed by atoms with van der Waals surface area (Å²) in [5.41, 5.74) is 0.166. The Labute approximate surface area is 228 Å². The molecule has 40 heavy (non-hydrogen) atoms. The van der Waals surface area contributed by atoms with Crippen molar-refractivity contribution in [2.45, 2.75) is 19.5 Å². The van der Waals surface area contributed by atoms with Gasteiger partial charge in [-0.3, -0.25) is 9.48 Å². The zero-order valence-electron chi connectivity index (χ0n) is 22.4. The summed E-state index contributed by atoms with van der Waals surface area (Å²) in [6.07, 6.45) is -2.55. The van der Waals surface area contributed by atoms with E-state index in [9.17, 15) is 22.8 Å². The third kappa shape index (κ3) is 5.41. The summed E-state index contributed by atoms with van der Waals surface area (Å²) in [5.74, 6) is -0.909. The molecule has 0 fully saturated rings. The van der Waals surface area contributed by atoms with E-state index in [1.165, 1.54) is 30.1 Å². The molecule has 0 spiro atoms. The van der Waals surface area contributed by atoms with Crippen LogP contribution >= 0.6 is 0 Å². The highest BCUT2D eigenvalue weighted by Crippen LogP contribution is 2.32. The lowest BCUT2D eigenvalue weighted by Crippen LogP contribution is -2.23. The first-order chi connectivity index (χ1) is 19.0. The Morgan fingerprint density at radius 1 is 1.15 bits per heavy atom. The molecule has 4 aromatic rings. The molecule has 2 heterocycles. The van der Waals surface area contributed by atoms with Gasteiger partial charge in [0.2, 0.25) is 0 Å². The number of rotatable bonds is 8. The van der Waals surface area contributed by atoms with Crippen molar-refractivity contribution in [3.63, 3.8) is 0 Å². The lowest BCUT2D eigenvalue weighted by molar-refractivity contribution is -0.137. The molecule has 0 unspecified atom stereocenters. The summed E-state index contributed by atoms with van der Waals surface area (Å²) in [5, 5.41) is 4.45. The van der Waals surface area contributed by atoms with Gasteiger partial charge in [-0.2, -0.15) is 18.3 Å². The number of ether oxygens (including phenoxy) is 1. The molecular weight excluding hydrogens is 525 g/mol. The summed E-state index contributed by atoms with van der Waals surface area (Å²) < 4.78 is 49.5. The van der Waals surface area contributed by atoms with E-state index in [1.807, 2.05) is 19.0 Å². The molecule has 0 aliphatic heterocycles. The fraction of sp³-hybridized carbons (Fsp3) is 0.286. The number of esters is 1. The number of benzene rings is 2. The second kappa shape index (κ2) is 11.2. The van der Waals surface area contributed by atoms with Gasteiger partial charge in [0.15, 0.2) is 11.3 Å². The van der Waals surface area contributed by atoms with Crippen molar-refractivity contribution >= 4 is 11.7 Å². The van der Waals surface area contributed by atoms with E-state index in [-0.39, 0.29) is 23.6 Å². The molecule has 0 N–H and O–H groups in total. The predicted molar refractivity (Wildman–Crippen MR) is 143 cm³/mol. The highest BCUT2D eigenvalue weighted by atomic mass is 19.4. The monoisotopic (exact) mass is 552 g/mol. The Hall–Kier alpha value is -4.63. The first-order valence-corrected chi connectivity index (χ1v) is 12.3. The molecule has 0 bridgehead atoms. The van der Waals surface area contributed by atoms with Gasteiger partial charge >= 0.3 is 12.1 Å².